The van der Waals surface area contributed by atoms with Crippen LogP contribution in [0.15, 0.2) is 40.5 Å². The highest BCUT2D eigenvalue weighted by molar-refractivity contribution is 7.07. The Kier molecular flexibility index (Phi) is 5.48. The van der Waals surface area contributed by atoms with Crippen molar-refractivity contribution in [2.24, 2.45) is 0 Å². The van der Waals surface area contributed by atoms with E-state index in [4.69, 9.17) is 0 Å². The van der Waals surface area contributed by atoms with E-state index in [1.807, 2.05) is 17.9 Å². The first kappa shape index (κ1) is 16.9. The van der Waals surface area contributed by atoms with Gasteiger partial charge >= 0.3 is 4.87 Å². The van der Waals surface area contributed by atoms with Crippen molar-refractivity contribution in [1.29, 1.82) is 0 Å². The van der Waals surface area contributed by atoms with Crippen LogP contribution in [0.25, 0.3) is 0 Å². The number of carbonyl (C=O) groups excluding carboxylic acids is 1. The van der Waals surface area contributed by atoms with E-state index in [9.17, 15) is 9.59 Å². The molecule has 0 unspecified atom stereocenters. The van der Waals surface area contributed by atoms with Crippen molar-refractivity contribution in [3.8, 4) is 0 Å². The zero-order valence-electron chi connectivity index (χ0n) is 14.0. The molecule has 1 fully saturated rings. The number of rotatable bonds is 4. The maximum Gasteiger partial charge on any atom is 0.307 e. The molecule has 2 aromatic rings. The van der Waals surface area contributed by atoms with E-state index < -0.39 is 0 Å². The Balaban J connectivity index is 1.57. The molecule has 1 aliphatic heterocycles. The van der Waals surface area contributed by atoms with Crippen LogP contribution in [-0.4, -0.2) is 46.5 Å². The summed E-state index contributed by atoms with van der Waals surface area (Å²) >= 11 is 1.15. The molecule has 1 amide bonds. The highest BCUT2D eigenvalue weighted by Gasteiger charge is 2.20. The second-order valence-corrected chi connectivity index (χ2v) is 7.05. The fourth-order valence-corrected chi connectivity index (χ4v) is 3.79. The quantitative estimate of drug-likeness (QED) is 0.851. The van der Waals surface area contributed by atoms with Gasteiger partial charge in [-0.05, 0) is 18.9 Å². The molecule has 24 heavy (non-hydrogen) atoms. The molecule has 5 nitrogen and oxygen atoms in total. The lowest BCUT2D eigenvalue weighted by atomic mass is 10.2. The van der Waals surface area contributed by atoms with E-state index in [-0.39, 0.29) is 17.3 Å². The number of benzene rings is 1. The molecule has 0 aliphatic carbocycles. The number of aromatic nitrogens is 1. The summed E-state index contributed by atoms with van der Waals surface area (Å²) in [5, 5.41) is 1.81. The third kappa shape index (κ3) is 4.13. The Hall–Kier alpha value is -1.92. The predicted molar refractivity (Wildman–Crippen MR) is 96.2 cm³/mol. The first-order chi connectivity index (χ1) is 11.6. The number of thiazole rings is 1. The third-order valence-corrected chi connectivity index (χ3v) is 5.34. The molecule has 2 heterocycles. The van der Waals surface area contributed by atoms with Crippen LogP contribution in [0, 0.1) is 6.92 Å². The summed E-state index contributed by atoms with van der Waals surface area (Å²) < 4.78 is 1.57. The van der Waals surface area contributed by atoms with Gasteiger partial charge in [-0.1, -0.05) is 41.7 Å². The molecule has 0 atom stereocenters. The van der Waals surface area contributed by atoms with Crippen molar-refractivity contribution < 1.29 is 4.79 Å². The third-order valence-electron chi connectivity index (χ3n) is 4.46. The van der Waals surface area contributed by atoms with Gasteiger partial charge in [0, 0.05) is 43.8 Å². The highest BCUT2D eigenvalue weighted by atomic mass is 32.1. The Morgan fingerprint density at radius 1 is 1.12 bits per heavy atom. The lowest BCUT2D eigenvalue weighted by Crippen LogP contribution is -2.38. The summed E-state index contributed by atoms with van der Waals surface area (Å²) in [6, 6.07) is 10.4. The van der Waals surface area contributed by atoms with Gasteiger partial charge in [-0.25, -0.2) is 0 Å². The van der Waals surface area contributed by atoms with Gasteiger partial charge < -0.3 is 4.90 Å². The maximum absolute atomic E-state index is 12.5. The van der Waals surface area contributed by atoms with Gasteiger partial charge in [0.1, 0.15) is 6.54 Å². The Morgan fingerprint density at radius 2 is 1.92 bits per heavy atom. The predicted octanol–water partition coefficient (Wildman–Crippen LogP) is 1.95. The molecule has 0 radical (unpaired) electrons. The average molecular weight is 345 g/mol. The Morgan fingerprint density at radius 3 is 2.62 bits per heavy atom. The van der Waals surface area contributed by atoms with Crippen LogP contribution in [0.2, 0.25) is 0 Å². The van der Waals surface area contributed by atoms with Gasteiger partial charge in [-0.2, -0.15) is 0 Å². The summed E-state index contributed by atoms with van der Waals surface area (Å²) in [6.07, 6.45) is 0.968. The topological polar surface area (TPSA) is 45.6 Å². The summed E-state index contributed by atoms with van der Waals surface area (Å²) in [5.41, 5.74) is 2.16. The van der Waals surface area contributed by atoms with Crippen LogP contribution >= 0.6 is 11.3 Å². The van der Waals surface area contributed by atoms with Crippen LogP contribution in [0.1, 0.15) is 17.7 Å². The molecule has 0 bridgehead atoms. The van der Waals surface area contributed by atoms with E-state index in [2.05, 4.69) is 29.2 Å². The smallest absolute Gasteiger partial charge is 0.307 e. The van der Waals surface area contributed by atoms with Gasteiger partial charge in [-0.3, -0.25) is 19.1 Å². The second kappa shape index (κ2) is 7.77. The van der Waals surface area contributed by atoms with Crippen molar-refractivity contribution in [1.82, 2.24) is 14.4 Å². The van der Waals surface area contributed by atoms with Crippen LogP contribution < -0.4 is 4.87 Å². The fraction of sp³-hybridized carbons (Fsp3) is 0.444. The summed E-state index contributed by atoms with van der Waals surface area (Å²) in [5.74, 6) is 0.0418. The minimum absolute atomic E-state index is 0.0418. The summed E-state index contributed by atoms with van der Waals surface area (Å²) in [4.78, 5) is 28.6. The lowest BCUT2D eigenvalue weighted by molar-refractivity contribution is -0.131. The van der Waals surface area contributed by atoms with E-state index in [0.717, 1.165) is 56.2 Å². The Bertz CT molecular complexity index is 738. The highest BCUT2D eigenvalue weighted by Crippen LogP contribution is 2.10. The monoisotopic (exact) mass is 345 g/mol. The molecule has 128 valence electrons. The standard InChI is InChI=1S/C18H23N3O2S/c1-15-14-24-18(23)21(15)13-17(22)20-9-5-8-19(10-11-20)12-16-6-3-2-4-7-16/h2-4,6-7,14H,5,8-13H2,1H3. The molecule has 1 saturated heterocycles. The first-order valence-electron chi connectivity index (χ1n) is 8.32. The number of nitrogens with zero attached hydrogens (tertiary/aromatic N) is 3. The number of hydrogen-bond acceptors (Lipinski definition) is 4. The summed E-state index contributed by atoms with van der Waals surface area (Å²) in [6.45, 7) is 6.31. The average Bonchev–Trinajstić information content (AvgIpc) is 2.79. The number of carbonyl (C=O) groups is 1. The van der Waals surface area contributed by atoms with Gasteiger partial charge in [0.05, 0.1) is 0 Å². The van der Waals surface area contributed by atoms with E-state index in [1.54, 1.807) is 9.95 Å². The fourth-order valence-electron chi connectivity index (χ4n) is 3.05. The van der Waals surface area contributed by atoms with E-state index in [1.165, 1.54) is 5.56 Å². The van der Waals surface area contributed by atoms with Crippen LogP contribution in [0.5, 0.6) is 0 Å². The minimum atomic E-state index is -0.0543. The molecular weight excluding hydrogens is 322 g/mol. The normalized spacial score (nSPS) is 16.1. The van der Waals surface area contributed by atoms with Gasteiger partial charge in [0.2, 0.25) is 5.91 Å². The van der Waals surface area contributed by atoms with Crippen molar-refractivity contribution in [3.05, 3.63) is 56.6 Å². The first-order valence-corrected chi connectivity index (χ1v) is 9.20. The molecular formula is C18H23N3O2S. The van der Waals surface area contributed by atoms with Crippen LogP contribution in [0.3, 0.4) is 0 Å². The van der Waals surface area contributed by atoms with Gasteiger partial charge in [0.15, 0.2) is 0 Å². The van der Waals surface area contributed by atoms with E-state index >= 15 is 0 Å². The van der Waals surface area contributed by atoms with Crippen molar-refractivity contribution >= 4 is 17.2 Å². The van der Waals surface area contributed by atoms with Gasteiger partial charge in [-0.15, -0.1) is 0 Å². The number of amides is 1. The zero-order chi connectivity index (χ0) is 16.9. The molecule has 0 N–H and O–H groups in total. The number of hydrogen-bond donors (Lipinski definition) is 0. The summed E-state index contributed by atoms with van der Waals surface area (Å²) in [7, 11) is 0. The van der Waals surface area contributed by atoms with Gasteiger partial charge in [0.25, 0.3) is 0 Å². The van der Waals surface area contributed by atoms with Crippen molar-refractivity contribution in [3.63, 3.8) is 0 Å². The molecule has 6 heteroatoms. The van der Waals surface area contributed by atoms with Crippen molar-refractivity contribution in [2.75, 3.05) is 26.2 Å². The molecule has 0 saturated carbocycles. The maximum atomic E-state index is 12.5. The SMILES string of the molecule is Cc1csc(=O)n1CC(=O)N1CCCN(Cc2ccccc2)CC1. The van der Waals surface area contributed by atoms with Crippen LogP contribution in [0.4, 0.5) is 0 Å². The zero-order valence-corrected chi connectivity index (χ0v) is 14.8. The minimum Gasteiger partial charge on any atom is -0.340 e. The molecule has 1 aromatic carbocycles. The molecule has 3 rings (SSSR count). The van der Waals surface area contributed by atoms with Crippen LogP contribution in [-0.2, 0) is 17.9 Å². The molecule has 1 aromatic heterocycles. The van der Waals surface area contributed by atoms with Crippen molar-refractivity contribution in [2.45, 2.75) is 26.4 Å². The van der Waals surface area contributed by atoms with E-state index in [0.29, 0.717) is 0 Å². The largest absolute Gasteiger partial charge is 0.340 e. The molecule has 1 aliphatic rings. The lowest BCUT2D eigenvalue weighted by Gasteiger charge is -2.22. The second-order valence-electron chi connectivity index (χ2n) is 6.23. The Labute approximate surface area is 146 Å². The molecule has 0 spiro atoms. The number of aryl methyl sites for hydroxylation is 1.